The molecule has 78 valence electrons. The van der Waals surface area contributed by atoms with Crippen molar-refractivity contribution < 1.29 is 0 Å². The monoisotopic (exact) mass is 230 g/mol. The van der Waals surface area contributed by atoms with Crippen LogP contribution in [0.5, 0.6) is 0 Å². The molecule has 2 heteroatoms. The van der Waals surface area contributed by atoms with Gasteiger partial charge in [0.25, 0.3) is 0 Å². The summed E-state index contributed by atoms with van der Waals surface area (Å²) in [6.07, 6.45) is 2.05. The summed E-state index contributed by atoms with van der Waals surface area (Å²) in [6.45, 7) is 6.64. The fourth-order valence-corrected chi connectivity index (χ4v) is 1.84. The third kappa shape index (κ3) is 2.90. The zero-order valence-electron chi connectivity index (χ0n) is 8.90. The van der Waals surface area contributed by atoms with E-state index in [1.165, 1.54) is 0 Å². The molecular formula is C12H16Cl2. The van der Waals surface area contributed by atoms with Gasteiger partial charge in [-0.1, -0.05) is 56.5 Å². The molecule has 0 atom stereocenters. The van der Waals surface area contributed by atoms with E-state index < -0.39 is 0 Å². The predicted octanol–water partition coefficient (Wildman–Crippen LogP) is 4.97. The summed E-state index contributed by atoms with van der Waals surface area (Å²) >= 11 is 12.2. The first-order valence-corrected chi connectivity index (χ1v) is 5.65. The van der Waals surface area contributed by atoms with Gasteiger partial charge in [0.05, 0.1) is 0 Å². The van der Waals surface area contributed by atoms with E-state index in [4.69, 9.17) is 23.2 Å². The van der Waals surface area contributed by atoms with Crippen LogP contribution in [0.4, 0.5) is 0 Å². The lowest BCUT2D eigenvalue weighted by atomic mass is 9.83. The average molecular weight is 231 g/mol. The highest BCUT2D eigenvalue weighted by Crippen LogP contribution is 2.33. The van der Waals surface area contributed by atoms with Gasteiger partial charge in [0.1, 0.15) is 0 Å². The van der Waals surface area contributed by atoms with Crippen LogP contribution in [0.2, 0.25) is 10.0 Å². The largest absolute Gasteiger partial charge is 0.0840 e. The van der Waals surface area contributed by atoms with Gasteiger partial charge in [0, 0.05) is 10.0 Å². The van der Waals surface area contributed by atoms with E-state index in [-0.39, 0.29) is 5.41 Å². The number of rotatable bonds is 3. The first-order chi connectivity index (χ1) is 6.46. The molecule has 0 aliphatic heterocycles. The maximum absolute atomic E-state index is 6.11. The Balaban J connectivity index is 2.97. The summed E-state index contributed by atoms with van der Waals surface area (Å²) in [4.78, 5) is 0. The number of halogens is 2. The number of benzene rings is 1. The minimum Gasteiger partial charge on any atom is -0.0840 e. The van der Waals surface area contributed by atoms with Crippen LogP contribution in [0.3, 0.4) is 0 Å². The zero-order chi connectivity index (χ0) is 10.8. The highest BCUT2D eigenvalue weighted by molar-refractivity contribution is 6.35. The van der Waals surface area contributed by atoms with Gasteiger partial charge >= 0.3 is 0 Å². The van der Waals surface area contributed by atoms with Gasteiger partial charge in [-0.2, -0.15) is 0 Å². The van der Waals surface area contributed by atoms with Crippen LogP contribution in [-0.2, 0) is 6.42 Å². The summed E-state index contributed by atoms with van der Waals surface area (Å²) in [7, 11) is 0. The molecule has 0 aromatic heterocycles. The van der Waals surface area contributed by atoms with E-state index in [9.17, 15) is 0 Å². The highest BCUT2D eigenvalue weighted by atomic mass is 35.5. The van der Waals surface area contributed by atoms with Crippen LogP contribution < -0.4 is 0 Å². The van der Waals surface area contributed by atoms with Crippen LogP contribution in [0.1, 0.15) is 32.8 Å². The van der Waals surface area contributed by atoms with Crippen LogP contribution in [-0.4, -0.2) is 0 Å². The van der Waals surface area contributed by atoms with E-state index in [0.717, 1.165) is 28.5 Å². The Kier molecular flexibility index (Phi) is 3.86. The lowest BCUT2D eigenvalue weighted by Crippen LogP contribution is -2.13. The van der Waals surface area contributed by atoms with Crippen molar-refractivity contribution in [2.45, 2.75) is 33.6 Å². The van der Waals surface area contributed by atoms with Gasteiger partial charge in [0.2, 0.25) is 0 Å². The van der Waals surface area contributed by atoms with Gasteiger partial charge in [-0.15, -0.1) is 0 Å². The quantitative estimate of drug-likeness (QED) is 0.688. The van der Waals surface area contributed by atoms with Crippen molar-refractivity contribution in [3.8, 4) is 0 Å². The standard InChI is InChI=1S/C12H16Cl2/c1-4-12(2,3)8-9-10(13)6-5-7-11(9)14/h5-7H,4,8H2,1-3H3. The van der Waals surface area contributed by atoms with E-state index >= 15 is 0 Å². The van der Waals surface area contributed by atoms with E-state index in [1.807, 2.05) is 18.2 Å². The van der Waals surface area contributed by atoms with E-state index in [0.29, 0.717) is 0 Å². The zero-order valence-corrected chi connectivity index (χ0v) is 10.4. The van der Waals surface area contributed by atoms with Crippen molar-refractivity contribution in [3.05, 3.63) is 33.8 Å². The normalized spacial score (nSPS) is 11.8. The lowest BCUT2D eigenvalue weighted by Gasteiger charge is -2.23. The van der Waals surface area contributed by atoms with Gasteiger partial charge < -0.3 is 0 Å². The van der Waals surface area contributed by atoms with Crippen LogP contribution in [0.25, 0.3) is 0 Å². The molecule has 0 unspecified atom stereocenters. The predicted molar refractivity (Wildman–Crippen MR) is 64.2 cm³/mol. The van der Waals surface area contributed by atoms with Crippen molar-refractivity contribution in [1.29, 1.82) is 0 Å². The molecule has 0 fully saturated rings. The van der Waals surface area contributed by atoms with Gasteiger partial charge in [-0.05, 0) is 29.5 Å². The summed E-state index contributed by atoms with van der Waals surface area (Å²) in [5, 5.41) is 1.55. The molecule has 0 heterocycles. The van der Waals surface area contributed by atoms with Gasteiger partial charge in [0.15, 0.2) is 0 Å². The molecule has 0 saturated carbocycles. The Morgan fingerprint density at radius 3 is 2.07 bits per heavy atom. The molecule has 0 aliphatic rings. The van der Waals surface area contributed by atoms with Crippen molar-refractivity contribution >= 4 is 23.2 Å². The summed E-state index contributed by atoms with van der Waals surface area (Å²) < 4.78 is 0. The number of hydrogen-bond donors (Lipinski definition) is 0. The Morgan fingerprint density at radius 1 is 1.14 bits per heavy atom. The Bertz CT molecular complexity index is 296. The van der Waals surface area contributed by atoms with E-state index in [1.54, 1.807) is 0 Å². The molecule has 0 bridgehead atoms. The fraction of sp³-hybridized carbons (Fsp3) is 0.500. The highest BCUT2D eigenvalue weighted by Gasteiger charge is 2.19. The van der Waals surface area contributed by atoms with Crippen LogP contribution in [0.15, 0.2) is 18.2 Å². The molecule has 0 aliphatic carbocycles. The lowest BCUT2D eigenvalue weighted by molar-refractivity contribution is 0.349. The van der Waals surface area contributed by atoms with Crippen molar-refractivity contribution in [2.75, 3.05) is 0 Å². The molecular weight excluding hydrogens is 215 g/mol. The second-order valence-electron chi connectivity index (χ2n) is 4.39. The fourth-order valence-electron chi connectivity index (χ4n) is 1.30. The SMILES string of the molecule is CCC(C)(C)Cc1c(Cl)cccc1Cl. The Labute approximate surface area is 96.2 Å². The third-order valence-electron chi connectivity index (χ3n) is 2.67. The molecule has 0 nitrogen and oxygen atoms in total. The second-order valence-corrected chi connectivity index (χ2v) is 5.21. The molecule has 0 radical (unpaired) electrons. The third-order valence-corrected chi connectivity index (χ3v) is 3.38. The molecule has 0 N–H and O–H groups in total. The average Bonchev–Trinajstić information content (AvgIpc) is 2.12. The Hall–Kier alpha value is -0.200. The molecule has 1 rings (SSSR count). The topological polar surface area (TPSA) is 0 Å². The summed E-state index contributed by atoms with van der Waals surface area (Å²) in [5.74, 6) is 0. The van der Waals surface area contributed by atoms with Crippen molar-refractivity contribution in [1.82, 2.24) is 0 Å². The van der Waals surface area contributed by atoms with E-state index in [2.05, 4.69) is 20.8 Å². The van der Waals surface area contributed by atoms with Crippen molar-refractivity contribution in [3.63, 3.8) is 0 Å². The van der Waals surface area contributed by atoms with Gasteiger partial charge in [-0.25, -0.2) is 0 Å². The molecule has 14 heavy (non-hydrogen) atoms. The molecule has 0 amide bonds. The minimum absolute atomic E-state index is 0.259. The van der Waals surface area contributed by atoms with Gasteiger partial charge in [-0.3, -0.25) is 0 Å². The van der Waals surface area contributed by atoms with Crippen LogP contribution >= 0.6 is 23.2 Å². The number of hydrogen-bond acceptors (Lipinski definition) is 0. The summed E-state index contributed by atoms with van der Waals surface area (Å²) in [6, 6.07) is 5.68. The van der Waals surface area contributed by atoms with Crippen LogP contribution in [0, 0.1) is 5.41 Å². The minimum atomic E-state index is 0.259. The Morgan fingerprint density at radius 2 is 1.64 bits per heavy atom. The maximum atomic E-state index is 6.11. The maximum Gasteiger partial charge on any atom is 0.0453 e. The molecule has 1 aromatic carbocycles. The molecule has 0 spiro atoms. The summed E-state index contributed by atoms with van der Waals surface area (Å²) in [5.41, 5.74) is 1.33. The van der Waals surface area contributed by atoms with Crippen molar-refractivity contribution in [2.24, 2.45) is 5.41 Å². The molecule has 0 saturated heterocycles. The first kappa shape index (κ1) is 11.9. The first-order valence-electron chi connectivity index (χ1n) is 4.89. The molecule has 1 aromatic rings. The smallest absolute Gasteiger partial charge is 0.0453 e. The second kappa shape index (κ2) is 4.55.